The molecule has 1 aromatic carbocycles. The molecule has 126 valence electrons. The lowest BCUT2D eigenvalue weighted by Gasteiger charge is -2.18. The van der Waals surface area contributed by atoms with E-state index in [-0.39, 0.29) is 30.1 Å². The second kappa shape index (κ2) is 6.68. The number of amides is 2. The minimum atomic E-state index is -0.372. The summed E-state index contributed by atoms with van der Waals surface area (Å²) in [6, 6.07) is 7.71. The van der Waals surface area contributed by atoms with Gasteiger partial charge in [-0.3, -0.25) is 9.59 Å². The molecule has 0 radical (unpaired) electrons. The van der Waals surface area contributed by atoms with Crippen LogP contribution in [0.3, 0.4) is 0 Å². The highest BCUT2D eigenvalue weighted by Crippen LogP contribution is 2.29. The number of carbonyl (C=O) groups excluding carboxylic acids is 2. The van der Waals surface area contributed by atoms with E-state index in [1.807, 2.05) is 45.0 Å². The fourth-order valence-electron chi connectivity index (χ4n) is 2.71. The van der Waals surface area contributed by atoms with Gasteiger partial charge in [0.15, 0.2) is 0 Å². The molecule has 0 saturated carbocycles. The number of nitrogens with one attached hydrogen (secondary N) is 1. The van der Waals surface area contributed by atoms with Gasteiger partial charge in [0.1, 0.15) is 5.01 Å². The smallest absolute Gasteiger partial charge is 0.231 e. The fourth-order valence-corrected chi connectivity index (χ4v) is 3.46. The lowest BCUT2D eigenvalue weighted by Crippen LogP contribution is -2.28. The van der Waals surface area contributed by atoms with Crippen molar-refractivity contribution in [3.8, 4) is 0 Å². The Morgan fingerprint density at radius 3 is 2.75 bits per heavy atom. The van der Waals surface area contributed by atoms with Crippen LogP contribution in [0.15, 0.2) is 24.3 Å². The van der Waals surface area contributed by atoms with Gasteiger partial charge in [-0.2, -0.15) is 0 Å². The molecule has 0 aliphatic carbocycles. The average molecular weight is 344 g/mol. The van der Waals surface area contributed by atoms with E-state index >= 15 is 0 Å². The van der Waals surface area contributed by atoms with Crippen molar-refractivity contribution in [2.24, 2.45) is 5.92 Å². The van der Waals surface area contributed by atoms with Crippen molar-refractivity contribution in [2.45, 2.75) is 33.1 Å². The number of benzene rings is 1. The summed E-state index contributed by atoms with van der Waals surface area (Å²) < 4.78 is 0. The van der Waals surface area contributed by atoms with Gasteiger partial charge in [0, 0.05) is 24.6 Å². The molecule has 2 aromatic rings. The SMILES string of the molecule is Cc1ccccc1N1C[C@H](C(=O)Nc2nnc(C(C)C)s2)CC1=O. The van der Waals surface area contributed by atoms with Crippen LogP contribution in [0, 0.1) is 12.8 Å². The number of para-hydroxylation sites is 1. The van der Waals surface area contributed by atoms with E-state index in [0.29, 0.717) is 11.7 Å². The van der Waals surface area contributed by atoms with Crippen LogP contribution in [-0.2, 0) is 9.59 Å². The van der Waals surface area contributed by atoms with Gasteiger partial charge in [-0.05, 0) is 18.6 Å². The highest BCUT2D eigenvalue weighted by Gasteiger charge is 2.36. The molecule has 1 aliphatic heterocycles. The maximum absolute atomic E-state index is 12.5. The van der Waals surface area contributed by atoms with Gasteiger partial charge in [0.25, 0.3) is 0 Å². The van der Waals surface area contributed by atoms with Crippen LogP contribution in [-0.4, -0.2) is 28.6 Å². The van der Waals surface area contributed by atoms with Crippen LogP contribution in [0.1, 0.15) is 36.8 Å². The molecule has 0 unspecified atom stereocenters. The third-order valence-electron chi connectivity index (χ3n) is 4.07. The van der Waals surface area contributed by atoms with Gasteiger partial charge >= 0.3 is 0 Å². The van der Waals surface area contributed by atoms with Crippen molar-refractivity contribution < 1.29 is 9.59 Å². The third kappa shape index (κ3) is 3.31. The van der Waals surface area contributed by atoms with Gasteiger partial charge in [-0.25, -0.2) is 0 Å². The first-order valence-electron chi connectivity index (χ1n) is 7.96. The Labute approximate surface area is 144 Å². The molecule has 7 heteroatoms. The Morgan fingerprint density at radius 2 is 2.08 bits per heavy atom. The van der Waals surface area contributed by atoms with E-state index in [1.165, 1.54) is 11.3 Å². The number of hydrogen-bond donors (Lipinski definition) is 1. The lowest BCUT2D eigenvalue weighted by atomic mass is 10.1. The van der Waals surface area contributed by atoms with Gasteiger partial charge in [-0.1, -0.05) is 43.4 Å². The minimum absolute atomic E-state index is 0.0235. The summed E-state index contributed by atoms with van der Waals surface area (Å²) in [5, 5.41) is 12.2. The number of anilines is 2. The van der Waals surface area contributed by atoms with Gasteiger partial charge < -0.3 is 10.2 Å². The number of carbonyl (C=O) groups is 2. The zero-order valence-electron chi connectivity index (χ0n) is 13.9. The first-order chi connectivity index (χ1) is 11.5. The molecule has 1 aromatic heterocycles. The van der Waals surface area contributed by atoms with E-state index in [9.17, 15) is 9.59 Å². The quantitative estimate of drug-likeness (QED) is 0.925. The molecule has 1 saturated heterocycles. The van der Waals surface area contributed by atoms with Crippen molar-refractivity contribution in [1.82, 2.24) is 10.2 Å². The number of nitrogens with zero attached hydrogens (tertiary/aromatic N) is 3. The summed E-state index contributed by atoms with van der Waals surface area (Å²) in [6.45, 7) is 6.42. The Balaban J connectivity index is 1.68. The van der Waals surface area contributed by atoms with Crippen LogP contribution in [0.4, 0.5) is 10.8 Å². The molecule has 0 bridgehead atoms. The summed E-state index contributed by atoms with van der Waals surface area (Å²) in [4.78, 5) is 26.5. The molecular formula is C17H20N4O2S. The molecule has 1 atom stereocenters. The minimum Gasteiger partial charge on any atom is -0.311 e. The van der Waals surface area contributed by atoms with Crippen molar-refractivity contribution in [3.05, 3.63) is 34.8 Å². The van der Waals surface area contributed by atoms with E-state index < -0.39 is 0 Å². The fraction of sp³-hybridized carbons (Fsp3) is 0.412. The van der Waals surface area contributed by atoms with Gasteiger partial charge in [0.05, 0.1) is 5.92 Å². The summed E-state index contributed by atoms with van der Waals surface area (Å²) in [5.41, 5.74) is 1.90. The van der Waals surface area contributed by atoms with E-state index in [0.717, 1.165) is 16.3 Å². The lowest BCUT2D eigenvalue weighted by molar-refractivity contribution is -0.122. The van der Waals surface area contributed by atoms with Crippen LogP contribution in [0.5, 0.6) is 0 Å². The van der Waals surface area contributed by atoms with Gasteiger partial charge in [0.2, 0.25) is 16.9 Å². The van der Waals surface area contributed by atoms with Crippen LogP contribution >= 0.6 is 11.3 Å². The molecule has 1 N–H and O–H groups in total. The second-order valence-corrected chi connectivity index (χ2v) is 7.29. The topological polar surface area (TPSA) is 75.2 Å². The molecule has 2 heterocycles. The predicted molar refractivity (Wildman–Crippen MR) is 94.3 cm³/mol. The highest BCUT2D eigenvalue weighted by atomic mass is 32.1. The normalized spacial score (nSPS) is 17.6. The number of aryl methyl sites for hydroxylation is 1. The molecule has 1 aliphatic rings. The van der Waals surface area contributed by atoms with Crippen molar-refractivity contribution in [2.75, 3.05) is 16.8 Å². The molecule has 3 rings (SSSR count). The molecule has 1 fully saturated rings. The zero-order chi connectivity index (χ0) is 17.3. The van der Waals surface area contributed by atoms with Crippen LogP contribution in [0.2, 0.25) is 0 Å². The summed E-state index contributed by atoms with van der Waals surface area (Å²) in [5.74, 6) is -0.295. The molecule has 24 heavy (non-hydrogen) atoms. The summed E-state index contributed by atoms with van der Waals surface area (Å²) in [6.07, 6.45) is 0.218. The standard InChI is InChI=1S/C17H20N4O2S/c1-10(2)16-19-20-17(24-16)18-15(23)12-8-14(22)21(9-12)13-7-5-4-6-11(13)3/h4-7,10,12H,8-9H2,1-3H3,(H,18,20,23)/t12-/m1/s1. The first kappa shape index (κ1) is 16.6. The molecule has 0 spiro atoms. The number of aromatic nitrogens is 2. The largest absolute Gasteiger partial charge is 0.311 e. The van der Waals surface area contributed by atoms with Gasteiger partial charge in [-0.15, -0.1) is 10.2 Å². The third-order valence-corrected chi connectivity index (χ3v) is 5.21. The van der Waals surface area contributed by atoms with E-state index in [4.69, 9.17) is 0 Å². The number of hydrogen-bond acceptors (Lipinski definition) is 5. The Morgan fingerprint density at radius 1 is 1.33 bits per heavy atom. The number of rotatable bonds is 4. The monoisotopic (exact) mass is 344 g/mol. The van der Waals surface area contributed by atoms with Crippen molar-refractivity contribution in [1.29, 1.82) is 0 Å². The van der Waals surface area contributed by atoms with Crippen molar-refractivity contribution >= 4 is 34.0 Å². The van der Waals surface area contributed by atoms with Crippen LogP contribution < -0.4 is 10.2 Å². The maximum Gasteiger partial charge on any atom is 0.231 e. The predicted octanol–water partition coefficient (Wildman–Crippen LogP) is 2.96. The van der Waals surface area contributed by atoms with E-state index in [1.54, 1.807) is 4.90 Å². The molecular weight excluding hydrogens is 324 g/mol. The van der Waals surface area contributed by atoms with Crippen LogP contribution in [0.25, 0.3) is 0 Å². The zero-order valence-corrected chi connectivity index (χ0v) is 14.8. The van der Waals surface area contributed by atoms with Crippen molar-refractivity contribution in [3.63, 3.8) is 0 Å². The first-order valence-corrected chi connectivity index (χ1v) is 8.77. The molecule has 6 nitrogen and oxygen atoms in total. The Hall–Kier alpha value is -2.28. The summed E-state index contributed by atoms with van der Waals surface area (Å²) >= 11 is 1.38. The highest BCUT2D eigenvalue weighted by molar-refractivity contribution is 7.15. The second-order valence-electron chi connectivity index (χ2n) is 6.28. The Bertz CT molecular complexity index is 771. The maximum atomic E-state index is 12.5. The van der Waals surface area contributed by atoms with E-state index in [2.05, 4.69) is 15.5 Å². The average Bonchev–Trinajstić information content (AvgIpc) is 3.15. The summed E-state index contributed by atoms with van der Waals surface area (Å²) in [7, 11) is 0. The Kier molecular flexibility index (Phi) is 4.62. The molecule has 2 amide bonds.